The molecule has 1 saturated carbocycles. The van der Waals surface area contributed by atoms with Crippen LogP contribution in [0.15, 0.2) is 18.3 Å². The first-order chi connectivity index (χ1) is 10.1. The van der Waals surface area contributed by atoms with Gasteiger partial charge in [0.2, 0.25) is 0 Å². The number of hydrogen-bond donors (Lipinski definition) is 2. The molecule has 21 heavy (non-hydrogen) atoms. The molecule has 2 fully saturated rings. The summed E-state index contributed by atoms with van der Waals surface area (Å²) in [5.41, 5.74) is 1.06. The molecule has 0 aromatic carbocycles. The van der Waals surface area contributed by atoms with Gasteiger partial charge >= 0.3 is 0 Å². The molecule has 0 spiro atoms. The third-order valence-corrected chi connectivity index (χ3v) is 5.28. The zero-order chi connectivity index (χ0) is 14.9. The number of nitrogens with zero attached hydrogens (tertiary/aromatic N) is 1. The van der Waals surface area contributed by atoms with Gasteiger partial charge in [-0.3, -0.25) is 4.79 Å². The van der Waals surface area contributed by atoms with E-state index in [0.29, 0.717) is 18.6 Å². The molecule has 3 rings (SSSR count). The summed E-state index contributed by atoms with van der Waals surface area (Å²) < 4.78 is 2.15. The van der Waals surface area contributed by atoms with Crippen LogP contribution in [-0.2, 0) is 0 Å². The summed E-state index contributed by atoms with van der Waals surface area (Å²) in [5, 5.41) is 6.68. The van der Waals surface area contributed by atoms with Crippen LogP contribution in [0.4, 0.5) is 0 Å². The van der Waals surface area contributed by atoms with Gasteiger partial charge in [-0.15, -0.1) is 0 Å². The predicted molar refractivity (Wildman–Crippen MR) is 84.5 cm³/mol. The Kier molecular flexibility index (Phi) is 4.07. The van der Waals surface area contributed by atoms with Gasteiger partial charge in [0.25, 0.3) is 5.91 Å². The Balaban J connectivity index is 1.60. The number of hydrogen-bond acceptors (Lipinski definition) is 2. The highest BCUT2D eigenvalue weighted by Crippen LogP contribution is 2.33. The molecule has 1 unspecified atom stereocenters. The van der Waals surface area contributed by atoms with Crippen LogP contribution in [0, 0.1) is 5.41 Å². The Labute approximate surface area is 127 Å². The molecule has 1 aliphatic carbocycles. The van der Waals surface area contributed by atoms with Crippen LogP contribution in [0.2, 0.25) is 0 Å². The average molecular weight is 289 g/mol. The topological polar surface area (TPSA) is 46.1 Å². The van der Waals surface area contributed by atoms with Crippen molar-refractivity contribution in [2.24, 2.45) is 5.41 Å². The highest BCUT2D eigenvalue weighted by molar-refractivity contribution is 5.92. The average Bonchev–Trinajstić information content (AvgIpc) is 2.83. The minimum atomic E-state index is 0.0649. The summed E-state index contributed by atoms with van der Waals surface area (Å²) in [4.78, 5) is 12.5. The quantitative estimate of drug-likeness (QED) is 0.895. The highest BCUT2D eigenvalue weighted by Gasteiger charge is 2.32. The van der Waals surface area contributed by atoms with Gasteiger partial charge in [-0.1, -0.05) is 13.8 Å². The molecular formula is C17H27N3O. The van der Waals surface area contributed by atoms with Gasteiger partial charge in [0.1, 0.15) is 5.69 Å². The van der Waals surface area contributed by atoms with E-state index in [0.717, 1.165) is 12.2 Å². The molecule has 2 heterocycles. The van der Waals surface area contributed by atoms with Crippen LogP contribution in [0.1, 0.15) is 62.5 Å². The van der Waals surface area contributed by atoms with Gasteiger partial charge in [0.15, 0.2) is 0 Å². The van der Waals surface area contributed by atoms with Crippen molar-refractivity contribution in [1.82, 2.24) is 15.2 Å². The Bertz CT molecular complexity index is 502. The Hall–Kier alpha value is -1.29. The third kappa shape index (κ3) is 3.00. The highest BCUT2D eigenvalue weighted by atomic mass is 16.1. The smallest absolute Gasteiger partial charge is 0.267 e. The molecule has 4 heteroatoms. The summed E-state index contributed by atoms with van der Waals surface area (Å²) in [7, 11) is 0. The van der Waals surface area contributed by atoms with E-state index < -0.39 is 0 Å². The van der Waals surface area contributed by atoms with Gasteiger partial charge in [0, 0.05) is 24.8 Å². The van der Waals surface area contributed by atoms with Crippen molar-refractivity contribution in [2.45, 2.75) is 58.0 Å². The Morgan fingerprint density at radius 1 is 1.43 bits per heavy atom. The number of nitrogens with one attached hydrogen (secondary N) is 2. The van der Waals surface area contributed by atoms with Crippen LogP contribution in [0.3, 0.4) is 0 Å². The van der Waals surface area contributed by atoms with Gasteiger partial charge in [-0.05, 0) is 56.2 Å². The summed E-state index contributed by atoms with van der Waals surface area (Å²) in [6, 6.07) is 4.82. The van der Waals surface area contributed by atoms with E-state index in [9.17, 15) is 4.79 Å². The van der Waals surface area contributed by atoms with E-state index in [4.69, 9.17) is 0 Å². The number of carbonyl (C=O) groups excluding carboxylic acids is 1. The molecule has 0 radical (unpaired) electrons. The Morgan fingerprint density at radius 3 is 2.90 bits per heavy atom. The predicted octanol–water partition coefficient (Wildman–Crippen LogP) is 2.72. The van der Waals surface area contributed by atoms with Crippen LogP contribution < -0.4 is 10.6 Å². The summed E-state index contributed by atoms with van der Waals surface area (Å²) in [6.07, 6.45) is 8.17. The molecule has 1 aromatic heterocycles. The minimum absolute atomic E-state index is 0.0649. The SMILES string of the molecule is CC1(C)CCCNC1CNC(=O)c1cccn1C1CCC1. The Morgan fingerprint density at radius 2 is 2.24 bits per heavy atom. The number of amides is 1. The maximum absolute atomic E-state index is 12.5. The molecule has 2 aliphatic rings. The second-order valence-corrected chi connectivity index (χ2v) is 7.19. The second kappa shape index (κ2) is 5.84. The molecule has 1 atom stereocenters. The summed E-state index contributed by atoms with van der Waals surface area (Å²) in [5.74, 6) is 0.0649. The van der Waals surface area contributed by atoms with E-state index in [1.54, 1.807) is 0 Å². The molecule has 1 aromatic rings. The lowest BCUT2D eigenvalue weighted by Gasteiger charge is -2.39. The third-order valence-electron chi connectivity index (χ3n) is 5.28. The van der Waals surface area contributed by atoms with Crippen LogP contribution in [0.25, 0.3) is 0 Å². The van der Waals surface area contributed by atoms with E-state index in [2.05, 4.69) is 29.0 Å². The largest absolute Gasteiger partial charge is 0.349 e. The maximum Gasteiger partial charge on any atom is 0.267 e. The zero-order valence-electron chi connectivity index (χ0n) is 13.2. The standard InChI is InChI=1S/C17H27N3O/c1-17(2)9-5-10-18-15(17)12-19-16(21)14-8-4-11-20(14)13-6-3-7-13/h4,8,11,13,15,18H,3,5-7,9-10,12H2,1-2H3,(H,19,21). The van der Waals surface area contributed by atoms with Crippen molar-refractivity contribution >= 4 is 5.91 Å². The van der Waals surface area contributed by atoms with Crippen molar-refractivity contribution in [3.63, 3.8) is 0 Å². The number of rotatable bonds is 4. The van der Waals surface area contributed by atoms with Crippen molar-refractivity contribution in [2.75, 3.05) is 13.1 Å². The van der Waals surface area contributed by atoms with Gasteiger partial charge in [-0.2, -0.15) is 0 Å². The number of aromatic nitrogens is 1. The normalized spacial score (nSPS) is 25.3. The zero-order valence-corrected chi connectivity index (χ0v) is 13.2. The monoisotopic (exact) mass is 289 g/mol. The minimum Gasteiger partial charge on any atom is -0.349 e. The van der Waals surface area contributed by atoms with Crippen molar-refractivity contribution in [1.29, 1.82) is 0 Å². The molecule has 4 nitrogen and oxygen atoms in total. The molecule has 0 bridgehead atoms. The first kappa shape index (κ1) is 14.6. The lowest BCUT2D eigenvalue weighted by Crippen LogP contribution is -2.53. The molecule has 1 aliphatic heterocycles. The van der Waals surface area contributed by atoms with E-state index in [1.807, 2.05) is 18.3 Å². The summed E-state index contributed by atoms with van der Waals surface area (Å²) in [6.45, 7) is 6.34. The lowest BCUT2D eigenvalue weighted by molar-refractivity contribution is 0.0914. The van der Waals surface area contributed by atoms with Gasteiger partial charge in [-0.25, -0.2) is 0 Å². The van der Waals surface area contributed by atoms with Crippen molar-refractivity contribution in [3.8, 4) is 0 Å². The molecule has 116 valence electrons. The molecule has 1 saturated heterocycles. The van der Waals surface area contributed by atoms with E-state index in [-0.39, 0.29) is 11.3 Å². The fourth-order valence-corrected chi connectivity index (χ4v) is 3.47. The number of carbonyl (C=O) groups is 1. The van der Waals surface area contributed by atoms with Crippen molar-refractivity contribution in [3.05, 3.63) is 24.0 Å². The lowest BCUT2D eigenvalue weighted by atomic mass is 9.77. The molecule has 2 N–H and O–H groups in total. The van der Waals surface area contributed by atoms with Crippen LogP contribution >= 0.6 is 0 Å². The summed E-state index contributed by atoms with van der Waals surface area (Å²) >= 11 is 0. The second-order valence-electron chi connectivity index (χ2n) is 7.19. The first-order valence-electron chi connectivity index (χ1n) is 8.26. The maximum atomic E-state index is 12.5. The first-order valence-corrected chi connectivity index (χ1v) is 8.26. The number of piperidine rings is 1. The molecule has 1 amide bonds. The van der Waals surface area contributed by atoms with Crippen molar-refractivity contribution < 1.29 is 4.79 Å². The van der Waals surface area contributed by atoms with Gasteiger partial charge < -0.3 is 15.2 Å². The fraction of sp³-hybridized carbons (Fsp3) is 0.706. The fourth-order valence-electron chi connectivity index (χ4n) is 3.47. The van der Waals surface area contributed by atoms with E-state index in [1.165, 1.54) is 32.1 Å². The molecular weight excluding hydrogens is 262 g/mol. The van der Waals surface area contributed by atoms with Gasteiger partial charge in [0.05, 0.1) is 0 Å². The van der Waals surface area contributed by atoms with Crippen LogP contribution in [0.5, 0.6) is 0 Å². The van der Waals surface area contributed by atoms with E-state index >= 15 is 0 Å². The van der Waals surface area contributed by atoms with Crippen LogP contribution in [-0.4, -0.2) is 29.6 Å².